The third-order valence-corrected chi connectivity index (χ3v) is 9.07. The summed E-state index contributed by atoms with van der Waals surface area (Å²) >= 11 is 0. The smallest absolute Gasteiger partial charge is 0.216 e. The van der Waals surface area contributed by atoms with Crippen molar-refractivity contribution in [2.24, 2.45) is 12.5 Å². The standard InChI is InChI=1S/C42H43FNO/c1-27-11-20-34-35-21-22-36(43)39(41(35)45-40(34)38(27)37-25-28(23-24-44(37)5)26-42(2,3)4)33-18-16-32(17-19-33)31-14-12-30(13-15-31)29-9-7-6-8-10-29/h11-25,29H,6-10,26H2,1-5H3/q+1/i24D,26D2,29D. The molecule has 1 saturated carbocycles. The Morgan fingerprint density at radius 3 is 2.09 bits per heavy atom. The van der Waals surface area contributed by atoms with E-state index >= 15 is 4.39 Å². The SMILES string of the molecule is [2H]c1cc(C([2H])([2H])C(C)(C)C)cc(-c2c(C)ccc3c2oc2c(-c4ccc(-c5ccc(C6([2H])CCCCC6)cc5)cc4)c(F)ccc23)[n+]1C. The van der Waals surface area contributed by atoms with Gasteiger partial charge in [-0.25, -0.2) is 8.96 Å². The van der Waals surface area contributed by atoms with E-state index in [4.69, 9.17) is 9.90 Å². The third kappa shape index (κ3) is 5.70. The van der Waals surface area contributed by atoms with Crippen LogP contribution in [-0.2, 0) is 13.4 Å². The van der Waals surface area contributed by atoms with E-state index in [1.165, 1.54) is 12.5 Å². The van der Waals surface area contributed by atoms with Crippen molar-refractivity contribution in [3.05, 3.63) is 114 Å². The topological polar surface area (TPSA) is 17.0 Å². The molecule has 4 aromatic carbocycles. The van der Waals surface area contributed by atoms with Crippen molar-refractivity contribution in [1.29, 1.82) is 0 Å². The van der Waals surface area contributed by atoms with Crippen LogP contribution in [0.4, 0.5) is 4.39 Å². The first kappa shape index (κ1) is 25.0. The summed E-state index contributed by atoms with van der Waals surface area (Å²) in [6, 6.07) is 26.9. The molecule has 0 atom stereocenters. The van der Waals surface area contributed by atoms with Gasteiger partial charge in [0.05, 0.1) is 11.1 Å². The van der Waals surface area contributed by atoms with Crippen LogP contribution in [0.15, 0.2) is 95.5 Å². The van der Waals surface area contributed by atoms with Crippen molar-refractivity contribution in [2.45, 2.75) is 72.1 Å². The van der Waals surface area contributed by atoms with Gasteiger partial charge < -0.3 is 4.42 Å². The van der Waals surface area contributed by atoms with Crippen molar-refractivity contribution in [3.8, 4) is 33.5 Å². The van der Waals surface area contributed by atoms with Crippen molar-refractivity contribution in [3.63, 3.8) is 0 Å². The number of halogens is 1. The lowest BCUT2D eigenvalue weighted by atomic mass is 9.83. The maximum atomic E-state index is 15.8. The van der Waals surface area contributed by atoms with Gasteiger partial charge in [0.1, 0.15) is 25.4 Å². The minimum absolute atomic E-state index is 0.183. The number of furan rings is 1. The molecule has 7 rings (SSSR count). The minimum atomic E-state index is -1.69. The summed E-state index contributed by atoms with van der Waals surface area (Å²) in [5.41, 5.74) is 7.32. The van der Waals surface area contributed by atoms with Crippen LogP contribution in [0.1, 0.15) is 80.9 Å². The molecular weight excluding hydrogens is 553 g/mol. The van der Waals surface area contributed by atoms with Crippen molar-refractivity contribution < 1.29 is 18.9 Å². The van der Waals surface area contributed by atoms with Crippen LogP contribution in [0.25, 0.3) is 55.4 Å². The van der Waals surface area contributed by atoms with E-state index < -0.39 is 17.7 Å². The number of hydrogen-bond acceptors (Lipinski definition) is 1. The molecule has 2 aromatic heterocycles. The summed E-state index contributed by atoms with van der Waals surface area (Å²) in [4.78, 5) is 0. The first-order valence-corrected chi connectivity index (χ1v) is 16.1. The lowest BCUT2D eigenvalue weighted by Gasteiger charge is -2.22. The highest BCUT2D eigenvalue weighted by atomic mass is 19.1. The monoisotopic (exact) mass is 600 g/mol. The van der Waals surface area contributed by atoms with Crippen LogP contribution in [-0.4, -0.2) is 0 Å². The molecule has 0 amide bonds. The van der Waals surface area contributed by atoms with Gasteiger partial charge in [0, 0.05) is 27.0 Å². The van der Waals surface area contributed by atoms with E-state index in [2.05, 4.69) is 24.3 Å². The lowest BCUT2D eigenvalue weighted by molar-refractivity contribution is -0.660. The molecule has 6 aromatic rings. The van der Waals surface area contributed by atoms with Crippen LogP contribution in [0.3, 0.4) is 0 Å². The minimum Gasteiger partial charge on any atom is -0.454 e. The van der Waals surface area contributed by atoms with Gasteiger partial charge in [0.15, 0.2) is 6.17 Å². The molecule has 2 nitrogen and oxygen atoms in total. The van der Waals surface area contributed by atoms with Gasteiger partial charge in [-0.3, -0.25) is 0 Å². The van der Waals surface area contributed by atoms with Crippen LogP contribution in [0.5, 0.6) is 0 Å². The van der Waals surface area contributed by atoms with E-state index in [1.54, 1.807) is 23.7 Å². The van der Waals surface area contributed by atoms with Crippen LogP contribution in [0, 0.1) is 18.2 Å². The maximum Gasteiger partial charge on any atom is 0.216 e. The Labute approximate surface area is 272 Å². The molecule has 1 aliphatic carbocycles. The highest BCUT2D eigenvalue weighted by Gasteiger charge is 2.24. The molecule has 0 aliphatic heterocycles. The molecule has 1 aliphatic rings. The second-order valence-corrected chi connectivity index (χ2v) is 13.5. The highest BCUT2D eigenvalue weighted by molar-refractivity contribution is 6.13. The van der Waals surface area contributed by atoms with E-state index in [9.17, 15) is 0 Å². The molecule has 0 radical (unpaired) electrons. The number of rotatable bonds is 5. The number of fused-ring (bicyclic) bond motifs is 3. The van der Waals surface area contributed by atoms with Gasteiger partial charge in [-0.1, -0.05) is 101 Å². The molecule has 45 heavy (non-hydrogen) atoms. The molecule has 0 bridgehead atoms. The van der Waals surface area contributed by atoms with Gasteiger partial charge in [-0.2, -0.15) is 0 Å². The molecule has 0 N–H and O–H groups in total. The Bertz CT molecular complexity index is 2210. The van der Waals surface area contributed by atoms with E-state index in [0.717, 1.165) is 64.3 Å². The summed E-state index contributed by atoms with van der Waals surface area (Å²) in [5, 5.41) is 1.61. The second kappa shape index (κ2) is 11.6. The summed E-state index contributed by atoms with van der Waals surface area (Å²) in [6.07, 6.45) is 3.74. The Balaban J connectivity index is 1.32. The predicted molar refractivity (Wildman–Crippen MR) is 185 cm³/mol. The van der Waals surface area contributed by atoms with Crippen molar-refractivity contribution >= 4 is 21.9 Å². The van der Waals surface area contributed by atoms with Crippen LogP contribution in [0.2, 0.25) is 0 Å². The average molecular weight is 601 g/mol. The summed E-state index contributed by atoms with van der Waals surface area (Å²) in [5.74, 6) is -0.874. The quantitative estimate of drug-likeness (QED) is 0.180. The molecule has 0 saturated heterocycles. The third-order valence-electron chi connectivity index (χ3n) is 9.07. The van der Waals surface area contributed by atoms with Gasteiger partial charge in [0.25, 0.3) is 0 Å². The van der Waals surface area contributed by atoms with Gasteiger partial charge in [0.2, 0.25) is 5.69 Å². The number of benzene rings is 4. The van der Waals surface area contributed by atoms with Crippen LogP contribution >= 0.6 is 0 Å². The Kier molecular flexibility index (Phi) is 6.45. The highest BCUT2D eigenvalue weighted by Crippen LogP contribution is 2.42. The molecule has 1 fully saturated rings. The van der Waals surface area contributed by atoms with Gasteiger partial charge in [-0.15, -0.1) is 0 Å². The number of hydrogen-bond donors (Lipinski definition) is 0. The fourth-order valence-electron chi connectivity index (χ4n) is 6.83. The van der Waals surface area contributed by atoms with Gasteiger partial charge >= 0.3 is 0 Å². The second-order valence-electron chi connectivity index (χ2n) is 13.5. The zero-order chi connectivity index (χ0) is 34.9. The number of pyridine rings is 1. The number of aryl methyl sites for hydroxylation is 1. The first-order valence-electron chi connectivity index (χ1n) is 18.1. The molecule has 0 spiro atoms. The Morgan fingerprint density at radius 1 is 0.822 bits per heavy atom. The molecule has 0 unspecified atom stereocenters. The zero-order valence-corrected chi connectivity index (χ0v) is 26.9. The van der Waals surface area contributed by atoms with Crippen molar-refractivity contribution in [2.75, 3.05) is 0 Å². The maximum absolute atomic E-state index is 15.8. The van der Waals surface area contributed by atoms with Crippen LogP contribution < -0.4 is 4.57 Å². The number of nitrogens with zero attached hydrogens (tertiary/aromatic N) is 1. The molecule has 2 heterocycles. The lowest BCUT2D eigenvalue weighted by Crippen LogP contribution is -2.31. The summed E-state index contributed by atoms with van der Waals surface area (Å²) in [7, 11) is 1.80. The summed E-state index contributed by atoms with van der Waals surface area (Å²) in [6.45, 7) is 7.55. The fraction of sp³-hybridized carbons (Fsp3) is 0.310. The fourth-order valence-corrected chi connectivity index (χ4v) is 6.83. The average Bonchev–Trinajstić information content (AvgIpc) is 3.44. The van der Waals surface area contributed by atoms with Crippen molar-refractivity contribution in [1.82, 2.24) is 0 Å². The first-order chi connectivity index (χ1) is 23.2. The van der Waals surface area contributed by atoms with E-state index in [0.29, 0.717) is 33.6 Å². The summed E-state index contributed by atoms with van der Waals surface area (Å²) < 4.78 is 59.7. The largest absolute Gasteiger partial charge is 0.454 e. The van der Waals surface area contributed by atoms with E-state index in [1.807, 2.05) is 70.2 Å². The van der Waals surface area contributed by atoms with Gasteiger partial charge in [-0.05, 0) is 83.0 Å². The molecule has 228 valence electrons. The Hall–Kier alpha value is -4.24. The van der Waals surface area contributed by atoms with E-state index in [-0.39, 0.29) is 12.0 Å². The molecule has 3 heteroatoms. The zero-order valence-electron chi connectivity index (χ0n) is 30.9. The normalized spacial score (nSPS) is 16.8. The molecular formula is C42H43FNO+. The predicted octanol–water partition coefficient (Wildman–Crippen LogP) is 11.5. The Morgan fingerprint density at radius 2 is 1.42 bits per heavy atom. The number of aromatic nitrogens is 1.